The maximum Gasteiger partial charge on any atom is 1.10 e. The molecule has 4 rings (SSSR count). The molecule has 1 aliphatic rings. The number of benzene rings is 3. The zero-order chi connectivity index (χ0) is 23.6. The standard InChI is InChI=1S/C16H19O2.C12H10O2.Al/c1-15(2,3)14(17)13-8-6-12(7-9-13)10-11-16(4,5)18;13-11-7-3-1-5-9(11)10-6-2-4-8-12(10)14;/h6-9H,1-5H3;1-8,13-14H;/q-1;;+3/p-2. The quantitative estimate of drug-likeness (QED) is 0.269. The number of Topliss-reactive ketones (excluding diaryl/α,β-unsaturated/α-hetero) is 1. The summed E-state index contributed by atoms with van der Waals surface area (Å²) in [7, 11) is 0. The van der Waals surface area contributed by atoms with Gasteiger partial charge >= 0.3 is 15.1 Å². The molecule has 0 unspecified atom stereocenters. The Hall–Kier alpha value is -3.02. The lowest BCUT2D eigenvalue weighted by Crippen LogP contribution is -2.41. The van der Waals surface area contributed by atoms with Crippen LogP contribution in [0.15, 0.2) is 72.8 Å². The molecular formula is C28H27AlO4. The first kappa shape index (κ1) is 23.2. The van der Waals surface area contributed by atoms with Gasteiger partial charge in [-0.15, -0.1) is 0 Å². The van der Waals surface area contributed by atoms with Gasteiger partial charge in [0.1, 0.15) is 5.60 Å². The molecule has 0 atom stereocenters. The highest BCUT2D eigenvalue weighted by Crippen LogP contribution is 2.39. The third-order valence-electron chi connectivity index (χ3n) is 5.24. The Morgan fingerprint density at radius 3 is 1.82 bits per heavy atom. The Kier molecular flexibility index (Phi) is 6.37. The molecule has 0 spiro atoms. The van der Waals surface area contributed by atoms with Crippen molar-refractivity contribution in [1.29, 1.82) is 0 Å². The lowest BCUT2D eigenvalue weighted by molar-refractivity contribution is 0.0858. The third-order valence-corrected chi connectivity index (χ3v) is 6.91. The van der Waals surface area contributed by atoms with E-state index in [9.17, 15) is 4.79 Å². The summed E-state index contributed by atoms with van der Waals surface area (Å²) in [4.78, 5) is 12.4. The van der Waals surface area contributed by atoms with Crippen LogP contribution in [0, 0.1) is 17.3 Å². The summed E-state index contributed by atoms with van der Waals surface area (Å²) >= 11 is -2.58. The molecule has 0 aliphatic carbocycles. The largest absolute Gasteiger partial charge is 1.10 e. The van der Waals surface area contributed by atoms with Gasteiger partial charge in [0.15, 0.2) is 5.78 Å². The first-order chi connectivity index (χ1) is 15.6. The van der Waals surface area contributed by atoms with Gasteiger partial charge in [0.2, 0.25) is 0 Å². The van der Waals surface area contributed by atoms with Gasteiger partial charge in [-0.1, -0.05) is 81.1 Å². The molecule has 5 heteroatoms. The monoisotopic (exact) mass is 454 g/mol. The Morgan fingerprint density at radius 2 is 1.30 bits per heavy atom. The van der Waals surface area contributed by atoms with Gasteiger partial charge in [-0.3, -0.25) is 4.79 Å². The number of para-hydroxylation sites is 2. The van der Waals surface area contributed by atoms with Gasteiger partial charge in [-0.05, 0) is 38.1 Å². The second-order valence-corrected chi connectivity index (χ2v) is 10.8. The van der Waals surface area contributed by atoms with Crippen molar-refractivity contribution >= 4 is 20.9 Å². The van der Waals surface area contributed by atoms with E-state index in [0.29, 0.717) is 5.56 Å². The Balaban J connectivity index is 1.52. The molecule has 0 saturated heterocycles. The minimum Gasteiger partial charge on any atom is -0.588 e. The second-order valence-electron chi connectivity index (χ2n) is 9.55. The fourth-order valence-corrected chi connectivity index (χ4v) is 5.00. The summed E-state index contributed by atoms with van der Waals surface area (Å²) in [5.41, 5.74) is 2.28. The average Bonchev–Trinajstić information content (AvgIpc) is 2.93. The maximum atomic E-state index is 12.4. The van der Waals surface area contributed by atoms with Crippen LogP contribution in [0.25, 0.3) is 11.1 Å². The fraction of sp³-hybridized carbons (Fsp3) is 0.250. The molecule has 3 aromatic carbocycles. The van der Waals surface area contributed by atoms with E-state index in [0.717, 1.165) is 28.2 Å². The molecule has 0 saturated carbocycles. The fourth-order valence-electron chi connectivity index (χ4n) is 3.49. The maximum absolute atomic E-state index is 12.4. The first-order valence-electron chi connectivity index (χ1n) is 11.0. The number of hydrogen-bond donors (Lipinski definition) is 0. The summed E-state index contributed by atoms with van der Waals surface area (Å²) < 4.78 is 18.6. The van der Waals surface area contributed by atoms with Gasteiger partial charge < -0.3 is 11.4 Å². The summed E-state index contributed by atoms with van der Waals surface area (Å²) in [6.45, 7) is 9.56. The number of carbonyl (C=O) groups is 1. The molecule has 1 heterocycles. The van der Waals surface area contributed by atoms with E-state index < -0.39 is 26.2 Å². The molecule has 0 fully saturated rings. The predicted molar refractivity (Wildman–Crippen MR) is 131 cm³/mol. The molecule has 4 nitrogen and oxygen atoms in total. The van der Waals surface area contributed by atoms with E-state index in [1.165, 1.54) is 0 Å². The van der Waals surface area contributed by atoms with Crippen LogP contribution in [-0.2, 0) is 3.79 Å². The molecule has 1 aliphatic heterocycles. The van der Waals surface area contributed by atoms with E-state index in [-0.39, 0.29) is 5.78 Å². The minimum atomic E-state index is -2.58. The number of fused-ring (bicyclic) bond motifs is 3. The molecule has 166 valence electrons. The van der Waals surface area contributed by atoms with Crippen LogP contribution in [-0.4, -0.2) is 26.5 Å². The predicted octanol–water partition coefficient (Wildman–Crippen LogP) is 6.19. The smallest absolute Gasteiger partial charge is 0.588 e. The SMILES string of the molecule is CC(C)(C#Cc1ccc(C(=O)C(C)(C)C)cc1)[O][Al]1[O]c2ccccc2-c2ccccc2[O]1. The lowest BCUT2D eigenvalue weighted by atomic mass is 9.86. The van der Waals surface area contributed by atoms with Gasteiger partial charge in [-0.25, -0.2) is 0 Å². The highest BCUT2D eigenvalue weighted by molar-refractivity contribution is 6.39. The number of carbonyl (C=O) groups excluding carboxylic acids is 1. The second kappa shape index (κ2) is 9.08. The molecule has 0 amide bonds. The molecular weight excluding hydrogens is 427 g/mol. The van der Waals surface area contributed by atoms with Crippen molar-refractivity contribution in [2.75, 3.05) is 0 Å². The molecule has 0 aromatic heterocycles. The van der Waals surface area contributed by atoms with E-state index in [1.807, 2.05) is 107 Å². The Labute approximate surface area is 200 Å². The van der Waals surface area contributed by atoms with Gasteiger partial charge in [0, 0.05) is 27.7 Å². The normalized spacial score (nSPS) is 12.8. The van der Waals surface area contributed by atoms with E-state index in [1.54, 1.807) is 0 Å². The van der Waals surface area contributed by atoms with Crippen molar-refractivity contribution < 1.29 is 16.2 Å². The highest BCUT2D eigenvalue weighted by atomic mass is 27.3. The first-order valence-corrected chi connectivity index (χ1v) is 12.4. The number of hydrogen-bond acceptors (Lipinski definition) is 4. The minimum absolute atomic E-state index is 0.111. The summed E-state index contributed by atoms with van der Waals surface area (Å²) in [6.07, 6.45) is 0. The number of ketones is 1. The summed E-state index contributed by atoms with van der Waals surface area (Å²) in [6, 6.07) is 23.1. The van der Waals surface area contributed by atoms with Crippen LogP contribution in [0.5, 0.6) is 11.5 Å². The molecule has 3 aromatic rings. The average molecular weight is 455 g/mol. The van der Waals surface area contributed by atoms with Crippen molar-refractivity contribution in [3.05, 3.63) is 83.9 Å². The highest BCUT2D eigenvalue weighted by Gasteiger charge is 2.46. The zero-order valence-electron chi connectivity index (χ0n) is 19.6. The number of rotatable bonds is 3. The van der Waals surface area contributed by atoms with Crippen LogP contribution < -0.4 is 7.58 Å². The Morgan fingerprint density at radius 1 is 0.788 bits per heavy atom. The molecule has 0 radical (unpaired) electrons. The Bertz CT molecular complexity index is 1180. The van der Waals surface area contributed by atoms with Crippen molar-refractivity contribution in [3.8, 4) is 34.5 Å². The lowest BCUT2D eigenvalue weighted by Gasteiger charge is -2.23. The van der Waals surface area contributed by atoms with Crippen LogP contribution >= 0.6 is 0 Å². The zero-order valence-corrected chi connectivity index (χ0v) is 20.8. The van der Waals surface area contributed by atoms with Crippen LogP contribution in [0.3, 0.4) is 0 Å². The van der Waals surface area contributed by atoms with Crippen molar-refractivity contribution in [2.24, 2.45) is 5.41 Å². The molecule has 33 heavy (non-hydrogen) atoms. The van der Waals surface area contributed by atoms with Crippen LogP contribution in [0.2, 0.25) is 0 Å². The van der Waals surface area contributed by atoms with Crippen molar-refractivity contribution in [3.63, 3.8) is 0 Å². The molecule has 0 bridgehead atoms. The van der Waals surface area contributed by atoms with Gasteiger partial charge in [-0.2, -0.15) is 0 Å². The van der Waals surface area contributed by atoms with Crippen molar-refractivity contribution in [2.45, 2.75) is 40.2 Å². The molecule has 0 N–H and O–H groups in total. The van der Waals surface area contributed by atoms with Gasteiger partial charge in [0.25, 0.3) is 0 Å². The van der Waals surface area contributed by atoms with Crippen LogP contribution in [0.1, 0.15) is 50.5 Å². The summed E-state index contributed by atoms with van der Waals surface area (Å²) in [5, 5.41) is 0. The van der Waals surface area contributed by atoms with E-state index >= 15 is 0 Å². The summed E-state index contributed by atoms with van der Waals surface area (Å²) in [5.74, 6) is 7.96. The van der Waals surface area contributed by atoms with E-state index in [4.69, 9.17) is 11.4 Å². The van der Waals surface area contributed by atoms with Crippen LogP contribution in [0.4, 0.5) is 0 Å². The third kappa shape index (κ3) is 5.49. The topological polar surface area (TPSA) is 44.8 Å². The van der Waals surface area contributed by atoms with Crippen molar-refractivity contribution in [1.82, 2.24) is 0 Å². The van der Waals surface area contributed by atoms with E-state index in [2.05, 4.69) is 11.8 Å². The van der Waals surface area contributed by atoms with Gasteiger partial charge in [0.05, 0.1) is 11.5 Å².